The molecule has 0 aliphatic carbocycles. The molecule has 0 radical (unpaired) electrons. The van der Waals surface area contributed by atoms with Crippen LogP contribution >= 0.6 is 0 Å². The Morgan fingerprint density at radius 1 is 1.17 bits per heavy atom. The largest absolute Gasteiger partial charge is 0.463 e. The lowest BCUT2D eigenvalue weighted by Crippen LogP contribution is -2.60. The number of rotatable bonds is 5. The molecule has 1 saturated heterocycles. The van der Waals surface area contributed by atoms with Crippen molar-refractivity contribution in [1.29, 1.82) is 0 Å². The van der Waals surface area contributed by atoms with Gasteiger partial charge in [-0.25, -0.2) is 0 Å². The van der Waals surface area contributed by atoms with E-state index in [0.29, 0.717) is 5.56 Å². The van der Waals surface area contributed by atoms with Crippen molar-refractivity contribution in [3.8, 4) is 5.75 Å². The van der Waals surface area contributed by atoms with Crippen LogP contribution in [0.2, 0.25) is 0 Å². The van der Waals surface area contributed by atoms with Crippen molar-refractivity contribution in [2.24, 2.45) is 0 Å². The zero-order chi connectivity index (χ0) is 17.0. The summed E-state index contributed by atoms with van der Waals surface area (Å²) in [6, 6.07) is 6.58. The number of esters is 1. The summed E-state index contributed by atoms with van der Waals surface area (Å²) in [5.74, 6) is -0.293. The average molecular weight is 328 g/mol. The highest BCUT2D eigenvalue weighted by molar-refractivity contribution is 5.65. The summed E-state index contributed by atoms with van der Waals surface area (Å²) in [5.41, 5.74) is 0.473. The lowest BCUT2D eigenvalue weighted by Gasteiger charge is -2.40. The molecular formula is C15H20O8. The SMILES string of the molecule is CC(=O)OC[C@H]1O[C@H](Oc2ccccc2CO)[C@H](O)[C@@H](O)[C@@H]1O. The molecule has 128 valence electrons. The first-order valence-corrected chi connectivity index (χ1v) is 7.12. The third kappa shape index (κ3) is 4.18. The Morgan fingerprint density at radius 3 is 2.52 bits per heavy atom. The fourth-order valence-electron chi connectivity index (χ4n) is 2.23. The van der Waals surface area contributed by atoms with Crippen molar-refractivity contribution in [3.63, 3.8) is 0 Å². The summed E-state index contributed by atoms with van der Waals surface area (Å²) in [4.78, 5) is 10.9. The van der Waals surface area contributed by atoms with Crippen LogP contribution in [0.15, 0.2) is 24.3 Å². The minimum absolute atomic E-state index is 0.272. The molecule has 8 heteroatoms. The van der Waals surface area contributed by atoms with Gasteiger partial charge in [-0.05, 0) is 6.07 Å². The third-order valence-corrected chi connectivity index (χ3v) is 3.51. The summed E-state index contributed by atoms with van der Waals surface area (Å²) in [7, 11) is 0. The Morgan fingerprint density at radius 2 is 1.87 bits per heavy atom. The van der Waals surface area contributed by atoms with Gasteiger partial charge in [0.2, 0.25) is 6.29 Å². The highest BCUT2D eigenvalue weighted by Crippen LogP contribution is 2.26. The van der Waals surface area contributed by atoms with E-state index in [9.17, 15) is 25.2 Å². The van der Waals surface area contributed by atoms with Crippen LogP contribution in [0.4, 0.5) is 0 Å². The number of carbonyl (C=O) groups is 1. The molecule has 0 bridgehead atoms. The summed E-state index contributed by atoms with van der Waals surface area (Å²) in [5, 5.41) is 39.1. The van der Waals surface area contributed by atoms with E-state index >= 15 is 0 Å². The molecule has 4 N–H and O–H groups in total. The van der Waals surface area contributed by atoms with Gasteiger partial charge in [0.25, 0.3) is 0 Å². The number of benzene rings is 1. The molecule has 1 aromatic carbocycles. The third-order valence-electron chi connectivity index (χ3n) is 3.51. The smallest absolute Gasteiger partial charge is 0.302 e. The molecule has 0 spiro atoms. The molecule has 0 unspecified atom stereocenters. The van der Waals surface area contributed by atoms with Gasteiger partial charge in [-0.3, -0.25) is 4.79 Å². The monoisotopic (exact) mass is 328 g/mol. The molecular weight excluding hydrogens is 308 g/mol. The van der Waals surface area contributed by atoms with Gasteiger partial charge in [0, 0.05) is 12.5 Å². The molecule has 1 fully saturated rings. The van der Waals surface area contributed by atoms with Gasteiger partial charge in [0.1, 0.15) is 36.8 Å². The van der Waals surface area contributed by atoms with Crippen molar-refractivity contribution < 1.29 is 39.4 Å². The number of hydrogen-bond donors (Lipinski definition) is 4. The summed E-state index contributed by atoms with van der Waals surface area (Å²) in [6.07, 6.45) is -6.82. The van der Waals surface area contributed by atoms with Crippen LogP contribution in [0.1, 0.15) is 12.5 Å². The summed E-state index contributed by atoms with van der Waals surface area (Å²) in [6.45, 7) is 0.634. The van der Waals surface area contributed by atoms with Crippen molar-refractivity contribution in [3.05, 3.63) is 29.8 Å². The predicted molar refractivity (Wildman–Crippen MR) is 76.3 cm³/mol. The van der Waals surface area contributed by atoms with E-state index in [2.05, 4.69) is 0 Å². The zero-order valence-electron chi connectivity index (χ0n) is 12.5. The quantitative estimate of drug-likeness (QED) is 0.503. The average Bonchev–Trinajstić information content (AvgIpc) is 2.54. The Hall–Kier alpha value is -1.71. The highest BCUT2D eigenvalue weighted by Gasteiger charge is 2.45. The van der Waals surface area contributed by atoms with Crippen LogP contribution in [0.3, 0.4) is 0 Å². The standard InChI is InChI=1S/C15H20O8/c1-8(17)21-7-11-12(18)13(19)14(20)15(23-11)22-10-5-3-2-4-9(10)6-16/h2-5,11-16,18-20H,6-7H2,1H3/t11-,12-,13+,14-,15+/m1/s1. The van der Waals surface area contributed by atoms with E-state index in [1.165, 1.54) is 6.92 Å². The van der Waals surface area contributed by atoms with Gasteiger partial charge in [0.05, 0.1) is 6.61 Å². The van der Waals surface area contributed by atoms with Crippen molar-refractivity contribution in [2.75, 3.05) is 6.61 Å². The van der Waals surface area contributed by atoms with Gasteiger partial charge < -0.3 is 34.6 Å². The van der Waals surface area contributed by atoms with Crippen molar-refractivity contribution in [1.82, 2.24) is 0 Å². The second-order valence-corrected chi connectivity index (χ2v) is 5.20. The topological polar surface area (TPSA) is 126 Å². The van der Waals surface area contributed by atoms with Gasteiger partial charge in [0.15, 0.2) is 0 Å². The van der Waals surface area contributed by atoms with Crippen molar-refractivity contribution >= 4 is 5.97 Å². The second kappa shape index (κ2) is 7.71. The Balaban J connectivity index is 2.11. The van der Waals surface area contributed by atoms with E-state index in [-0.39, 0.29) is 19.0 Å². The number of aliphatic hydroxyl groups is 4. The van der Waals surface area contributed by atoms with E-state index in [4.69, 9.17) is 14.2 Å². The Kier molecular flexibility index (Phi) is 5.91. The maximum absolute atomic E-state index is 10.9. The van der Waals surface area contributed by atoms with Crippen LogP contribution in [0.25, 0.3) is 0 Å². The molecule has 0 saturated carbocycles. The molecule has 2 rings (SSSR count). The number of carbonyl (C=O) groups excluding carboxylic acids is 1. The molecule has 1 heterocycles. The van der Waals surface area contributed by atoms with E-state index in [1.54, 1.807) is 24.3 Å². The number of aliphatic hydroxyl groups excluding tert-OH is 4. The van der Waals surface area contributed by atoms with Gasteiger partial charge in [-0.2, -0.15) is 0 Å². The second-order valence-electron chi connectivity index (χ2n) is 5.20. The maximum Gasteiger partial charge on any atom is 0.302 e. The highest BCUT2D eigenvalue weighted by atomic mass is 16.7. The van der Waals surface area contributed by atoms with Gasteiger partial charge in [-0.15, -0.1) is 0 Å². The van der Waals surface area contributed by atoms with E-state index in [1.807, 2.05) is 0 Å². The minimum atomic E-state index is -1.53. The minimum Gasteiger partial charge on any atom is -0.463 e. The molecule has 1 aromatic rings. The first kappa shape index (κ1) is 17.6. The maximum atomic E-state index is 10.9. The molecule has 5 atom stereocenters. The van der Waals surface area contributed by atoms with E-state index in [0.717, 1.165) is 0 Å². The van der Waals surface area contributed by atoms with Crippen LogP contribution in [-0.2, 0) is 20.9 Å². The fourth-order valence-corrected chi connectivity index (χ4v) is 2.23. The first-order chi connectivity index (χ1) is 10.9. The first-order valence-electron chi connectivity index (χ1n) is 7.12. The van der Waals surface area contributed by atoms with Crippen LogP contribution in [0.5, 0.6) is 5.75 Å². The van der Waals surface area contributed by atoms with Gasteiger partial charge in [-0.1, -0.05) is 18.2 Å². The molecule has 0 aromatic heterocycles. The molecule has 23 heavy (non-hydrogen) atoms. The molecule has 1 aliphatic heterocycles. The zero-order valence-corrected chi connectivity index (χ0v) is 12.5. The lowest BCUT2D eigenvalue weighted by atomic mass is 9.99. The summed E-state index contributed by atoms with van der Waals surface area (Å²) >= 11 is 0. The van der Waals surface area contributed by atoms with Crippen LogP contribution < -0.4 is 4.74 Å². The van der Waals surface area contributed by atoms with Crippen LogP contribution in [-0.4, -0.2) is 63.7 Å². The lowest BCUT2D eigenvalue weighted by molar-refractivity contribution is -0.278. The molecule has 8 nitrogen and oxygen atoms in total. The van der Waals surface area contributed by atoms with Crippen LogP contribution in [0, 0.1) is 0 Å². The Labute approximate surface area is 132 Å². The van der Waals surface area contributed by atoms with Crippen molar-refractivity contribution in [2.45, 2.75) is 44.2 Å². The fraction of sp³-hybridized carbons (Fsp3) is 0.533. The summed E-state index contributed by atoms with van der Waals surface area (Å²) < 4.78 is 15.7. The number of hydrogen-bond acceptors (Lipinski definition) is 8. The molecule has 1 aliphatic rings. The number of para-hydroxylation sites is 1. The molecule has 0 amide bonds. The van der Waals surface area contributed by atoms with E-state index < -0.39 is 36.7 Å². The normalized spacial score (nSPS) is 30.7. The predicted octanol–water partition coefficient (Wildman–Crippen LogP) is -1.07. The number of ether oxygens (including phenoxy) is 3. The Bertz CT molecular complexity index is 534. The van der Waals surface area contributed by atoms with Gasteiger partial charge >= 0.3 is 5.97 Å².